The van der Waals surface area contributed by atoms with E-state index in [0.29, 0.717) is 5.78 Å². The van der Waals surface area contributed by atoms with E-state index in [2.05, 4.69) is 53.1 Å². The Kier molecular flexibility index (Phi) is 2.49. The quantitative estimate of drug-likeness (QED) is 0.742. The molecule has 3 saturated heterocycles. The number of ketones is 1. The van der Waals surface area contributed by atoms with Gasteiger partial charge in [-0.3, -0.25) is 4.79 Å². The van der Waals surface area contributed by atoms with E-state index in [1.807, 2.05) is 0 Å². The fourth-order valence-electron chi connectivity index (χ4n) is 3.55. The maximum Gasteiger partial charge on any atom is 0.182 e. The van der Waals surface area contributed by atoms with Gasteiger partial charge in [0.05, 0.1) is 5.70 Å². The van der Waals surface area contributed by atoms with Gasteiger partial charge in [-0.25, -0.2) is 0 Å². The van der Waals surface area contributed by atoms with E-state index in [0.717, 1.165) is 37.2 Å². The van der Waals surface area contributed by atoms with E-state index in [1.165, 1.54) is 10.9 Å². The van der Waals surface area contributed by atoms with Crippen LogP contribution in [0.3, 0.4) is 0 Å². The molecule has 3 heteroatoms. The average Bonchev–Trinajstić information content (AvgIpc) is 2.80. The van der Waals surface area contributed by atoms with Gasteiger partial charge in [0.25, 0.3) is 0 Å². The zero-order valence-corrected chi connectivity index (χ0v) is 11.7. The van der Waals surface area contributed by atoms with E-state index in [4.69, 9.17) is 0 Å². The van der Waals surface area contributed by atoms with Gasteiger partial charge in [0, 0.05) is 48.7 Å². The number of rotatable bonds is 1. The van der Waals surface area contributed by atoms with E-state index < -0.39 is 0 Å². The van der Waals surface area contributed by atoms with E-state index in [-0.39, 0.29) is 5.92 Å². The molecular weight excluding hydrogens is 248 g/mol. The highest BCUT2D eigenvalue weighted by Gasteiger charge is 2.36. The second-order valence-corrected chi connectivity index (χ2v) is 5.87. The number of carbonyl (C=O) groups is 1. The van der Waals surface area contributed by atoms with Gasteiger partial charge in [0.1, 0.15) is 0 Å². The lowest BCUT2D eigenvalue weighted by atomic mass is 9.84. The normalized spacial score (nSPS) is 21.4. The number of para-hydroxylation sites is 1. The van der Waals surface area contributed by atoms with Crippen molar-refractivity contribution in [2.24, 2.45) is 13.0 Å². The molecule has 2 bridgehead atoms. The van der Waals surface area contributed by atoms with E-state index in [9.17, 15) is 4.79 Å². The molecule has 1 aromatic heterocycles. The van der Waals surface area contributed by atoms with Crippen molar-refractivity contribution in [2.45, 2.75) is 12.8 Å². The molecule has 0 spiro atoms. The first-order chi connectivity index (χ1) is 9.74. The fourth-order valence-corrected chi connectivity index (χ4v) is 3.55. The highest BCUT2D eigenvalue weighted by atomic mass is 16.1. The minimum absolute atomic E-state index is 0.265. The molecule has 0 amide bonds. The van der Waals surface area contributed by atoms with E-state index in [1.54, 1.807) is 0 Å². The highest BCUT2D eigenvalue weighted by molar-refractivity contribution is 6.04. The first kappa shape index (κ1) is 11.8. The Morgan fingerprint density at radius 2 is 1.95 bits per heavy atom. The standard InChI is InChI=1S/C17H18N2O/c1-18-11-13(14-4-2-3-5-15(14)18)10-16-17(20)12-6-8-19(16)9-7-12/h2-5,10-12H,6-9H2,1H3/b16-10-. The molecule has 3 aliphatic heterocycles. The number of aromatic nitrogens is 1. The molecule has 0 radical (unpaired) electrons. The van der Waals surface area contributed by atoms with Crippen molar-refractivity contribution >= 4 is 22.8 Å². The van der Waals surface area contributed by atoms with Crippen molar-refractivity contribution < 1.29 is 4.79 Å². The van der Waals surface area contributed by atoms with Crippen LogP contribution in [0.5, 0.6) is 0 Å². The largest absolute Gasteiger partial charge is 0.369 e. The van der Waals surface area contributed by atoms with Crippen LogP contribution < -0.4 is 0 Å². The molecule has 3 aliphatic rings. The smallest absolute Gasteiger partial charge is 0.182 e. The Hall–Kier alpha value is -2.03. The van der Waals surface area contributed by atoms with Crippen molar-refractivity contribution in [3.05, 3.63) is 41.7 Å². The molecule has 1 aromatic carbocycles. The highest BCUT2D eigenvalue weighted by Crippen LogP contribution is 2.33. The maximum absolute atomic E-state index is 12.4. The fraction of sp³-hybridized carbons (Fsp3) is 0.353. The molecule has 4 heterocycles. The summed E-state index contributed by atoms with van der Waals surface area (Å²) in [6.07, 6.45) is 6.28. The minimum atomic E-state index is 0.265. The molecule has 3 fully saturated rings. The third-order valence-corrected chi connectivity index (χ3v) is 4.68. The summed E-state index contributed by atoms with van der Waals surface area (Å²) in [5.41, 5.74) is 3.28. The SMILES string of the molecule is Cn1cc(/C=C2/C(=O)C3CCN2CC3)c2ccccc21. The molecule has 2 aromatic rings. The van der Waals surface area contributed by atoms with Gasteiger partial charge in [-0.05, 0) is 25.0 Å². The third-order valence-electron chi connectivity index (χ3n) is 4.68. The number of Topliss-reactive ketones (excluding diaryl/α,β-unsaturated/α-hetero) is 1. The molecule has 0 aliphatic carbocycles. The molecule has 102 valence electrons. The van der Waals surface area contributed by atoms with Crippen molar-refractivity contribution in [3.63, 3.8) is 0 Å². The number of nitrogens with zero attached hydrogens (tertiary/aromatic N) is 2. The first-order valence-electron chi connectivity index (χ1n) is 7.29. The third kappa shape index (κ3) is 1.62. The Balaban J connectivity index is 1.84. The molecule has 0 atom stereocenters. The second-order valence-electron chi connectivity index (χ2n) is 5.87. The van der Waals surface area contributed by atoms with Gasteiger partial charge < -0.3 is 9.47 Å². The Morgan fingerprint density at radius 1 is 1.20 bits per heavy atom. The van der Waals surface area contributed by atoms with Crippen LogP contribution in [-0.2, 0) is 11.8 Å². The number of allylic oxidation sites excluding steroid dienone is 1. The van der Waals surface area contributed by atoms with Gasteiger partial charge >= 0.3 is 0 Å². The average molecular weight is 266 g/mol. The number of aryl methyl sites for hydroxylation is 1. The molecule has 20 heavy (non-hydrogen) atoms. The molecule has 5 rings (SSSR count). The lowest BCUT2D eigenvalue weighted by Crippen LogP contribution is -2.45. The summed E-state index contributed by atoms with van der Waals surface area (Å²) in [6, 6.07) is 8.35. The summed E-state index contributed by atoms with van der Waals surface area (Å²) in [6.45, 7) is 2.07. The topological polar surface area (TPSA) is 25.2 Å². The van der Waals surface area contributed by atoms with Crippen LogP contribution >= 0.6 is 0 Å². The van der Waals surface area contributed by atoms with Gasteiger partial charge in [-0.1, -0.05) is 18.2 Å². The molecule has 0 unspecified atom stereocenters. The van der Waals surface area contributed by atoms with Crippen molar-refractivity contribution in [1.29, 1.82) is 0 Å². The van der Waals surface area contributed by atoms with Gasteiger partial charge in [-0.2, -0.15) is 0 Å². The first-order valence-corrected chi connectivity index (χ1v) is 7.29. The summed E-state index contributed by atoms with van der Waals surface area (Å²) in [5.74, 6) is 0.608. The van der Waals surface area contributed by atoms with Gasteiger partial charge in [-0.15, -0.1) is 0 Å². The van der Waals surface area contributed by atoms with Crippen LogP contribution in [0.4, 0.5) is 0 Å². The number of fused-ring (bicyclic) bond motifs is 4. The van der Waals surface area contributed by atoms with E-state index >= 15 is 0 Å². The lowest BCUT2D eigenvalue weighted by molar-refractivity contribution is -0.125. The van der Waals surface area contributed by atoms with Crippen LogP contribution in [0.25, 0.3) is 17.0 Å². The maximum atomic E-state index is 12.4. The molecule has 0 saturated carbocycles. The van der Waals surface area contributed by atoms with Crippen LogP contribution in [0, 0.1) is 5.92 Å². The second kappa shape index (κ2) is 4.23. The van der Waals surface area contributed by atoms with Crippen LogP contribution in [-0.4, -0.2) is 28.3 Å². The van der Waals surface area contributed by atoms with Crippen LogP contribution in [0.15, 0.2) is 36.2 Å². The number of piperidine rings is 3. The van der Waals surface area contributed by atoms with Crippen LogP contribution in [0.2, 0.25) is 0 Å². The molecule has 3 nitrogen and oxygen atoms in total. The molecule has 0 N–H and O–H groups in total. The number of benzene rings is 1. The summed E-state index contributed by atoms with van der Waals surface area (Å²) < 4.78 is 2.13. The van der Waals surface area contributed by atoms with Crippen molar-refractivity contribution in [2.75, 3.05) is 13.1 Å². The molecular formula is C17H18N2O. The monoisotopic (exact) mass is 266 g/mol. The number of hydrogen-bond donors (Lipinski definition) is 0. The zero-order chi connectivity index (χ0) is 13.7. The lowest BCUT2D eigenvalue weighted by Gasteiger charge is -2.41. The summed E-state index contributed by atoms with van der Waals surface area (Å²) in [7, 11) is 2.06. The van der Waals surface area contributed by atoms with Gasteiger partial charge in [0.15, 0.2) is 5.78 Å². The van der Waals surface area contributed by atoms with Gasteiger partial charge in [0.2, 0.25) is 0 Å². The number of hydrogen-bond acceptors (Lipinski definition) is 2. The summed E-state index contributed by atoms with van der Waals surface area (Å²) >= 11 is 0. The Labute approximate surface area is 118 Å². The van der Waals surface area contributed by atoms with Crippen LogP contribution in [0.1, 0.15) is 18.4 Å². The predicted molar refractivity (Wildman–Crippen MR) is 80.2 cm³/mol. The van der Waals surface area contributed by atoms with Crippen molar-refractivity contribution in [3.8, 4) is 0 Å². The summed E-state index contributed by atoms with van der Waals surface area (Å²) in [5, 5.41) is 1.22. The summed E-state index contributed by atoms with van der Waals surface area (Å²) in [4.78, 5) is 14.7. The van der Waals surface area contributed by atoms with Crippen molar-refractivity contribution in [1.82, 2.24) is 9.47 Å². The Morgan fingerprint density at radius 3 is 2.70 bits per heavy atom. The predicted octanol–water partition coefficient (Wildman–Crippen LogP) is 2.81. The minimum Gasteiger partial charge on any atom is -0.369 e. The zero-order valence-electron chi connectivity index (χ0n) is 11.7. The Bertz CT molecular complexity index is 718. The number of carbonyl (C=O) groups excluding carboxylic acids is 1.